The van der Waals surface area contributed by atoms with Gasteiger partial charge in [0, 0.05) is 25.2 Å². The number of ether oxygens (including phenoxy) is 1. The number of alkyl halides is 1. The molecule has 1 aromatic rings. The fraction of sp³-hybridized carbons (Fsp3) is 0.417. The molecular weight excluding hydrogens is 261 g/mol. The Morgan fingerprint density at radius 3 is 2.82 bits per heavy atom. The van der Waals surface area contributed by atoms with E-state index in [0.29, 0.717) is 24.7 Å². The monoisotopic (exact) mass is 275 g/mol. The number of benzene rings is 1. The van der Waals surface area contributed by atoms with Crippen LogP contribution in [0, 0.1) is 0 Å². The van der Waals surface area contributed by atoms with Crippen LogP contribution in [0.4, 0.5) is 0 Å². The smallest absolute Gasteiger partial charge is 0.237 e. The Balaban J connectivity index is 2.68. The molecule has 17 heavy (non-hydrogen) atoms. The molecule has 1 aromatic carbocycles. The maximum Gasteiger partial charge on any atom is 0.237 e. The predicted octanol–water partition coefficient (Wildman–Crippen LogP) is 2.55. The minimum Gasteiger partial charge on any atom is -0.383 e. The summed E-state index contributed by atoms with van der Waals surface area (Å²) in [5, 5.41) is 0.660. The Labute approximate surface area is 111 Å². The van der Waals surface area contributed by atoms with E-state index in [2.05, 4.69) is 0 Å². The summed E-state index contributed by atoms with van der Waals surface area (Å²) in [6.45, 7) is 1.51. The third-order valence-corrected chi connectivity index (χ3v) is 2.76. The number of carbonyl (C=O) groups excluding carboxylic acids is 1. The number of carbonyl (C=O) groups is 1. The van der Waals surface area contributed by atoms with Crippen molar-refractivity contribution < 1.29 is 9.53 Å². The molecule has 0 saturated heterocycles. The number of amides is 1. The molecule has 0 saturated carbocycles. The van der Waals surface area contributed by atoms with Crippen molar-refractivity contribution in [3.05, 3.63) is 34.9 Å². The van der Waals surface area contributed by atoms with E-state index in [4.69, 9.17) is 27.9 Å². The van der Waals surface area contributed by atoms with Gasteiger partial charge in [-0.1, -0.05) is 23.7 Å². The molecule has 1 amide bonds. The van der Waals surface area contributed by atoms with E-state index in [0.717, 1.165) is 5.56 Å². The molecule has 0 aromatic heterocycles. The van der Waals surface area contributed by atoms with Crippen LogP contribution in [-0.2, 0) is 16.1 Å². The zero-order valence-electron chi connectivity index (χ0n) is 9.66. The van der Waals surface area contributed by atoms with Crippen LogP contribution < -0.4 is 0 Å². The molecule has 0 unspecified atom stereocenters. The van der Waals surface area contributed by atoms with Gasteiger partial charge in [-0.05, 0) is 17.7 Å². The van der Waals surface area contributed by atoms with E-state index in [9.17, 15) is 4.79 Å². The standard InChI is InChI=1S/C12H15Cl2NO2/c1-17-6-5-15(12(16)8-13)9-10-3-2-4-11(14)7-10/h2-4,7H,5-6,8-9H2,1H3. The Bertz CT molecular complexity index is 371. The van der Waals surface area contributed by atoms with Gasteiger partial charge in [0.1, 0.15) is 5.88 Å². The highest BCUT2D eigenvalue weighted by Crippen LogP contribution is 2.13. The number of methoxy groups -OCH3 is 1. The van der Waals surface area contributed by atoms with E-state index >= 15 is 0 Å². The number of hydrogen-bond acceptors (Lipinski definition) is 2. The molecule has 0 bridgehead atoms. The maximum absolute atomic E-state index is 11.6. The summed E-state index contributed by atoms with van der Waals surface area (Å²) >= 11 is 11.5. The second-order valence-electron chi connectivity index (χ2n) is 3.57. The van der Waals surface area contributed by atoms with Crippen LogP contribution in [0.5, 0.6) is 0 Å². The first kappa shape index (κ1) is 14.3. The summed E-state index contributed by atoms with van der Waals surface area (Å²) in [6, 6.07) is 7.42. The van der Waals surface area contributed by atoms with E-state index in [1.54, 1.807) is 18.1 Å². The molecular formula is C12H15Cl2NO2. The summed E-state index contributed by atoms with van der Waals surface area (Å²) in [7, 11) is 1.60. The van der Waals surface area contributed by atoms with Crippen LogP contribution in [0.25, 0.3) is 0 Å². The lowest BCUT2D eigenvalue weighted by Gasteiger charge is -2.21. The van der Waals surface area contributed by atoms with Gasteiger partial charge in [0.2, 0.25) is 5.91 Å². The van der Waals surface area contributed by atoms with Crippen molar-refractivity contribution in [2.75, 3.05) is 26.1 Å². The maximum atomic E-state index is 11.6. The lowest BCUT2D eigenvalue weighted by Crippen LogP contribution is -2.34. The van der Waals surface area contributed by atoms with Crippen LogP contribution in [0.2, 0.25) is 5.02 Å². The lowest BCUT2D eigenvalue weighted by molar-refractivity contribution is -0.129. The molecule has 0 aliphatic carbocycles. The summed E-state index contributed by atoms with van der Waals surface area (Å²) in [5.74, 6) is -0.131. The molecule has 1 rings (SSSR count). The first-order valence-electron chi connectivity index (χ1n) is 5.24. The van der Waals surface area contributed by atoms with E-state index in [1.807, 2.05) is 18.2 Å². The van der Waals surface area contributed by atoms with Gasteiger partial charge in [-0.15, -0.1) is 11.6 Å². The van der Waals surface area contributed by atoms with Crippen molar-refractivity contribution in [3.63, 3.8) is 0 Å². The largest absolute Gasteiger partial charge is 0.383 e. The average molecular weight is 276 g/mol. The SMILES string of the molecule is COCCN(Cc1cccc(Cl)c1)C(=O)CCl. The van der Waals surface area contributed by atoms with Crippen molar-refractivity contribution in [2.45, 2.75) is 6.54 Å². The average Bonchev–Trinajstić information content (AvgIpc) is 2.33. The minimum absolute atomic E-state index is 0.0235. The highest BCUT2D eigenvalue weighted by atomic mass is 35.5. The number of hydrogen-bond donors (Lipinski definition) is 0. The quantitative estimate of drug-likeness (QED) is 0.747. The van der Waals surface area contributed by atoms with Gasteiger partial charge in [-0.3, -0.25) is 4.79 Å². The van der Waals surface area contributed by atoms with Crippen molar-refractivity contribution in [3.8, 4) is 0 Å². The topological polar surface area (TPSA) is 29.5 Å². The molecule has 3 nitrogen and oxygen atoms in total. The second kappa shape index (κ2) is 7.54. The van der Waals surface area contributed by atoms with Gasteiger partial charge in [0.15, 0.2) is 0 Å². The molecule has 0 aliphatic heterocycles. The number of halogens is 2. The Kier molecular flexibility index (Phi) is 6.34. The molecule has 0 heterocycles. The summed E-state index contributed by atoms with van der Waals surface area (Å²) in [6.07, 6.45) is 0. The molecule has 94 valence electrons. The predicted molar refractivity (Wildman–Crippen MR) is 69.5 cm³/mol. The highest BCUT2D eigenvalue weighted by molar-refractivity contribution is 6.30. The summed E-state index contributed by atoms with van der Waals surface area (Å²) < 4.78 is 4.97. The lowest BCUT2D eigenvalue weighted by atomic mass is 10.2. The van der Waals surface area contributed by atoms with Gasteiger partial charge >= 0.3 is 0 Å². The van der Waals surface area contributed by atoms with Crippen LogP contribution in [0.15, 0.2) is 24.3 Å². The van der Waals surface area contributed by atoms with Gasteiger partial charge < -0.3 is 9.64 Å². The number of rotatable bonds is 6. The fourth-order valence-electron chi connectivity index (χ4n) is 1.43. The molecule has 5 heteroatoms. The van der Waals surface area contributed by atoms with Crippen LogP contribution in [0.1, 0.15) is 5.56 Å². The summed E-state index contributed by atoms with van der Waals surface area (Å²) in [4.78, 5) is 13.3. The van der Waals surface area contributed by atoms with Crippen LogP contribution >= 0.6 is 23.2 Å². The van der Waals surface area contributed by atoms with Crippen molar-refractivity contribution in [1.29, 1.82) is 0 Å². The summed E-state index contributed by atoms with van der Waals surface area (Å²) in [5.41, 5.74) is 0.979. The minimum atomic E-state index is -0.108. The fourth-order valence-corrected chi connectivity index (χ4v) is 1.82. The third kappa shape index (κ3) is 4.94. The molecule has 0 radical (unpaired) electrons. The normalized spacial score (nSPS) is 10.3. The Morgan fingerprint density at radius 1 is 1.47 bits per heavy atom. The van der Waals surface area contributed by atoms with E-state index < -0.39 is 0 Å². The van der Waals surface area contributed by atoms with Crippen LogP contribution in [0.3, 0.4) is 0 Å². The zero-order chi connectivity index (χ0) is 12.7. The number of nitrogens with zero attached hydrogens (tertiary/aromatic N) is 1. The van der Waals surface area contributed by atoms with Crippen molar-refractivity contribution in [2.24, 2.45) is 0 Å². The van der Waals surface area contributed by atoms with Crippen molar-refractivity contribution in [1.82, 2.24) is 4.90 Å². The molecule has 0 fully saturated rings. The first-order chi connectivity index (χ1) is 8.17. The van der Waals surface area contributed by atoms with Gasteiger partial charge in [-0.25, -0.2) is 0 Å². The molecule has 0 N–H and O–H groups in total. The zero-order valence-corrected chi connectivity index (χ0v) is 11.2. The molecule has 0 atom stereocenters. The molecule has 0 aliphatic rings. The first-order valence-corrected chi connectivity index (χ1v) is 6.15. The van der Waals surface area contributed by atoms with E-state index in [-0.39, 0.29) is 11.8 Å². The highest BCUT2D eigenvalue weighted by Gasteiger charge is 2.12. The third-order valence-electron chi connectivity index (χ3n) is 2.29. The van der Waals surface area contributed by atoms with Crippen LogP contribution in [-0.4, -0.2) is 36.9 Å². The van der Waals surface area contributed by atoms with Gasteiger partial charge in [0.05, 0.1) is 6.61 Å². The second-order valence-corrected chi connectivity index (χ2v) is 4.28. The Hall–Kier alpha value is -0.770. The Morgan fingerprint density at radius 2 is 2.24 bits per heavy atom. The van der Waals surface area contributed by atoms with Gasteiger partial charge in [-0.2, -0.15) is 0 Å². The van der Waals surface area contributed by atoms with E-state index in [1.165, 1.54) is 0 Å². The molecule has 0 spiro atoms. The van der Waals surface area contributed by atoms with Gasteiger partial charge in [0.25, 0.3) is 0 Å². The van der Waals surface area contributed by atoms with Crippen molar-refractivity contribution >= 4 is 29.1 Å².